The van der Waals surface area contributed by atoms with E-state index in [1.54, 1.807) is 11.8 Å². The van der Waals surface area contributed by atoms with Crippen molar-refractivity contribution in [2.45, 2.75) is 63.2 Å². The zero-order chi connectivity index (χ0) is 19.3. The van der Waals surface area contributed by atoms with E-state index in [9.17, 15) is 4.79 Å². The fourth-order valence-corrected chi connectivity index (χ4v) is 5.58. The highest BCUT2D eigenvalue weighted by Crippen LogP contribution is 2.27. The number of amides is 1. The molecule has 6 heteroatoms. The number of fused-ring (bicyclic) bond motifs is 1. The predicted molar refractivity (Wildman–Crippen MR) is 116 cm³/mol. The van der Waals surface area contributed by atoms with E-state index < -0.39 is 0 Å². The molecule has 152 valence electrons. The molecule has 2 heterocycles. The summed E-state index contributed by atoms with van der Waals surface area (Å²) in [5, 5.41) is 4.19. The van der Waals surface area contributed by atoms with Crippen molar-refractivity contribution in [2.24, 2.45) is 5.92 Å². The van der Waals surface area contributed by atoms with Crippen LogP contribution in [0.15, 0.2) is 29.4 Å². The van der Waals surface area contributed by atoms with E-state index in [1.807, 2.05) is 18.2 Å². The number of para-hydroxylation sites is 2. The number of aryl methyl sites for hydroxylation is 1. The lowest BCUT2D eigenvalue weighted by atomic mass is 10.0. The minimum atomic E-state index is 0.133. The monoisotopic (exact) mass is 400 g/mol. The van der Waals surface area contributed by atoms with Crippen LogP contribution in [-0.2, 0) is 11.3 Å². The Morgan fingerprint density at radius 2 is 1.93 bits per heavy atom. The Morgan fingerprint density at radius 3 is 2.68 bits per heavy atom. The summed E-state index contributed by atoms with van der Waals surface area (Å²) in [4.78, 5) is 19.8. The van der Waals surface area contributed by atoms with E-state index in [-0.39, 0.29) is 5.91 Å². The first-order valence-electron chi connectivity index (χ1n) is 10.8. The third-order valence-corrected chi connectivity index (χ3v) is 7.19. The van der Waals surface area contributed by atoms with Gasteiger partial charge in [0.25, 0.3) is 0 Å². The summed E-state index contributed by atoms with van der Waals surface area (Å²) in [5.74, 6) is 1.49. The molecule has 1 aromatic carbocycles. The van der Waals surface area contributed by atoms with Gasteiger partial charge in [-0.25, -0.2) is 4.98 Å². The molecular formula is C22H32N4OS. The van der Waals surface area contributed by atoms with Crippen molar-refractivity contribution in [3.63, 3.8) is 0 Å². The standard InChI is InChI=1S/C22H32N4OS/c1-2-26-20-10-6-5-9-19(20)24-22(26)28-16-21(27)23-18-11-13-25(14-12-18)15-17-7-3-4-8-17/h5-6,9-10,17-18H,2-4,7-8,11-16H2,1H3,(H,23,27). The van der Waals surface area contributed by atoms with E-state index in [0.29, 0.717) is 11.8 Å². The third-order valence-electron chi connectivity index (χ3n) is 6.21. The fraction of sp³-hybridized carbons (Fsp3) is 0.636. The maximum Gasteiger partial charge on any atom is 0.230 e. The molecule has 1 aromatic heterocycles. The highest BCUT2D eigenvalue weighted by molar-refractivity contribution is 7.99. The summed E-state index contributed by atoms with van der Waals surface area (Å²) >= 11 is 1.55. The topological polar surface area (TPSA) is 50.2 Å². The van der Waals surface area contributed by atoms with Crippen LogP contribution in [0.25, 0.3) is 11.0 Å². The van der Waals surface area contributed by atoms with Gasteiger partial charge in [0.1, 0.15) is 0 Å². The van der Waals surface area contributed by atoms with Crippen LogP contribution in [0.2, 0.25) is 0 Å². The molecule has 1 aliphatic carbocycles. The normalized spacial score (nSPS) is 19.5. The van der Waals surface area contributed by atoms with Crippen molar-refractivity contribution in [1.29, 1.82) is 0 Å². The van der Waals surface area contributed by atoms with Crippen LogP contribution < -0.4 is 5.32 Å². The number of carbonyl (C=O) groups is 1. The predicted octanol–water partition coefficient (Wildman–Crippen LogP) is 3.92. The Labute approximate surface area is 172 Å². The molecule has 4 rings (SSSR count). The molecule has 1 aliphatic heterocycles. The highest BCUT2D eigenvalue weighted by Gasteiger charge is 2.24. The van der Waals surface area contributed by atoms with Crippen molar-refractivity contribution < 1.29 is 4.79 Å². The SMILES string of the molecule is CCn1c(SCC(=O)NC2CCN(CC3CCCC3)CC2)nc2ccccc21. The fourth-order valence-electron chi connectivity index (χ4n) is 4.69. The number of benzene rings is 1. The lowest BCUT2D eigenvalue weighted by Crippen LogP contribution is -2.46. The van der Waals surface area contributed by atoms with Gasteiger partial charge in [-0.3, -0.25) is 4.79 Å². The Kier molecular flexibility index (Phi) is 6.58. The molecule has 0 radical (unpaired) electrons. The lowest BCUT2D eigenvalue weighted by molar-refractivity contribution is -0.119. The minimum Gasteiger partial charge on any atom is -0.353 e. The number of hydrogen-bond acceptors (Lipinski definition) is 4. The average Bonchev–Trinajstić information content (AvgIpc) is 3.35. The summed E-state index contributed by atoms with van der Waals surface area (Å²) in [5.41, 5.74) is 2.14. The van der Waals surface area contributed by atoms with Crippen molar-refractivity contribution in [1.82, 2.24) is 19.8 Å². The highest BCUT2D eigenvalue weighted by atomic mass is 32.2. The average molecular weight is 401 g/mol. The number of hydrogen-bond donors (Lipinski definition) is 1. The summed E-state index contributed by atoms with van der Waals surface area (Å²) in [6.45, 7) is 6.51. The van der Waals surface area contributed by atoms with Crippen LogP contribution in [0.4, 0.5) is 0 Å². The zero-order valence-electron chi connectivity index (χ0n) is 16.9. The summed E-state index contributed by atoms with van der Waals surface area (Å²) in [6, 6.07) is 8.50. The molecule has 2 aliphatic rings. The zero-order valence-corrected chi connectivity index (χ0v) is 17.7. The minimum absolute atomic E-state index is 0.133. The molecule has 1 saturated heterocycles. The van der Waals surface area contributed by atoms with Crippen LogP contribution in [0.3, 0.4) is 0 Å². The van der Waals surface area contributed by atoms with Crippen LogP contribution >= 0.6 is 11.8 Å². The number of carbonyl (C=O) groups excluding carboxylic acids is 1. The van der Waals surface area contributed by atoms with E-state index in [0.717, 1.165) is 54.6 Å². The van der Waals surface area contributed by atoms with Gasteiger partial charge in [0, 0.05) is 32.2 Å². The number of likely N-dealkylation sites (tertiary alicyclic amines) is 1. The first-order chi connectivity index (χ1) is 13.7. The van der Waals surface area contributed by atoms with Gasteiger partial charge in [0.15, 0.2) is 5.16 Å². The van der Waals surface area contributed by atoms with Gasteiger partial charge in [0.05, 0.1) is 16.8 Å². The number of imidazole rings is 1. The van der Waals surface area contributed by atoms with Gasteiger partial charge < -0.3 is 14.8 Å². The number of aromatic nitrogens is 2. The van der Waals surface area contributed by atoms with Crippen LogP contribution in [-0.4, -0.2) is 51.8 Å². The number of thioether (sulfide) groups is 1. The van der Waals surface area contributed by atoms with Crippen molar-refractivity contribution in [2.75, 3.05) is 25.4 Å². The number of nitrogens with one attached hydrogen (secondary N) is 1. The van der Waals surface area contributed by atoms with Crippen LogP contribution in [0.5, 0.6) is 0 Å². The van der Waals surface area contributed by atoms with Gasteiger partial charge in [-0.05, 0) is 50.7 Å². The summed E-state index contributed by atoms with van der Waals surface area (Å²) in [7, 11) is 0. The van der Waals surface area contributed by atoms with Crippen molar-refractivity contribution >= 4 is 28.7 Å². The molecule has 1 N–H and O–H groups in total. The molecule has 0 atom stereocenters. The Hall–Kier alpha value is -1.53. The molecule has 2 aromatic rings. The molecule has 0 unspecified atom stereocenters. The van der Waals surface area contributed by atoms with E-state index >= 15 is 0 Å². The Morgan fingerprint density at radius 1 is 1.18 bits per heavy atom. The van der Waals surface area contributed by atoms with Crippen molar-refractivity contribution in [3.05, 3.63) is 24.3 Å². The smallest absolute Gasteiger partial charge is 0.230 e. The maximum atomic E-state index is 12.5. The number of rotatable bonds is 7. The molecule has 1 saturated carbocycles. The van der Waals surface area contributed by atoms with Gasteiger partial charge >= 0.3 is 0 Å². The third kappa shape index (κ3) is 4.71. The van der Waals surface area contributed by atoms with E-state index in [2.05, 4.69) is 27.8 Å². The van der Waals surface area contributed by atoms with Crippen molar-refractivity contribution in [3.8, 4) is 0 Å². The quantitative estimate of drug-likeness (QED) is 0.716. The largest absolute Gasteiger partial charge is 0.353 e. The van der Waals surface area contributed by atoms with Crippen LogP contribution in [0.1, 0.15) is 45.4 Å². The molecule has 0 spiro atoms. The van der Waals surface area contributed by atoms with Gasteiger partial charge in [0.2, 0.25) is 5.91 Å². The maximum absolute atomic E-state index is 12.5. The second-order valence-corrected chi connectivity index (χ2v) is 9.15. The Balaban J connectivity index is 1.23. The van der Waals surface area contributed by atoms with E-state index in [1.165, 1.54) is 32.2 Å². The van der Waals surface area contributed by atoms with E-state index in [4.69, 9.17) is 4.98 Å². The van der Waals surface area contributed by atoms with Gasteiger partial charge in [-0.15, -0.1) is 0 Å². The van der Waals surface area contributed by atoms with Gasteiger partial charge in [-0.1, -0.05) is 36.7 Å². The molecule has 28 heavy (non-hydrogen) atoms. The Bertz CT molecular complexity index is 791. The molecule has 2 fully saturated rings. The second kappa shape index (κ2) is 9.31. The molecule has 5 nitrogen and oxygen atoms in total. The summed E-state index contributed by atoms with van der Waals surface area (Å²) in [6.07, 6.45) is 7.82. The first-order valence-corrected chi connectivity index (χ1v) is 11.8. The number of nitrogens with zero attached hydrogens (tertiary/aromatic N) is 3. The molecular weight excluding hydrogens is 368 g/mol. The van der Waals surface area contributed by atoms with Gasteiger partial charge in [-0.2, -0.15) is 0 Å². The number of piperidine rings is 1. The lowest BCUT2D eigenvalue weighted by Gasteiger charge is -2.33. The molecule has 1 amide bonds. The second-order valence-electron chi connectivity index (χ2n) is 8.21. The molecule has 0 bridgehead atoms. The van der Waals surface area contributed by atoms with Crippen LogP contribution in [0, 0.1) is 5.92 Å². The first kappa shape index (κ1) is 19.8. The summed E-state index contributed by atoms with van der Waals surface area (Å²) < 4.78 is 2.19.